The summed E-state index contributed by atoms with van der Waals surface area (Å²) in [7, 11) is 0. The Balaban J connectivity index is 2.37. The standard InChI is InChI=1S/C11H8ClN3O3/c1-7-2-4-8(5-3-7)18-11-9(15(16)17)10(12)13-6-14-11/h2-6H,1H3. The van der Waals surface area contributed by atoms with Gasteiger partial charge < -0.3 is 4.74 Å². The van der Waals surface area contributed by atoms with Gasteiger partial charge in [0.1, 0.15) is 12.1 Å². The Labute approximate surface area is 107 Å². The van der Waals surface area contributed by atoms with Crippen molar-refractivity contribution in [3.8, 4) is 11.6 Å². The van der Waals surface area contributed by atoms with Gasteiger partial charge in [-0.3, -0.25) is 10.1 Å². The van der Waals surface area contributed by atoms with Gasteiger partial charge in [0.05, 0.1) is 4.92 Å². The highest BCUT2D eigenvalue weighted by Gasteiger charge is 2.23. The van der Waals surface area contributed by atoms with Crippen LogP contribution in [0.2, 0.25) is 5.15 Å². The van der Waals surface area contributed by atoms with Gasteiger partial charge in [0.2, 0.25) is 5.15 Å². The van der Waals surface area contributed by atoms with E-state index in [0.29, 0.717) is 5.75 Å². The van der Waals surface area contributed by atoms with Gasteiger partial charge in [-0.25, -0.2) is 4.98 Å². The highest BCUT2D eigenvalue weighted by molar-refractivity contribution is 6.31. The van der Waals surface area contributed by atoms with Gasteiger partial charge >= 0.3 is 11.6 Å². The van der Waals surface area contributed by atoms with Gasteiger partial charge in [0, 0.05) is 0 Å². The normalized spacial score (nSPS) is 10.1. The van der Waals surface area contributed by atoms with E-state index in [1.54, 1.807) is 12.1 Å². The maximum atomic E-state index is 10.8. The summed E-state index contributed by atoms with van der Waals surface area (Å²) in [6.07, 6.45) is 1.11. The first-order valence-electron chi connectivity index (χ1n) is 4.97. The first-order chi connectivity index (χ1) is 8.58. The van der Waals surface area contributed by atoms with E-state index in [2.05, 4.69) is 9.97 Å². The van der Waals surface area contributed by atoms with Crippen LogP contribution in [-0.2, 0) is 0 Å². The van der Waals surface area contributed by atoms with Crippen molar-refractivity contribution in [1.29, 1.82) is 0 Å². The zero-order valence-electron chi connectivity index (χ0n) is 9.33. The Morgan fingerprint density at radius 1 is 1.28 bits per heavy atom. The van der Waals surface area contributed by atoms with Gasteiger partial charge in [-0.15, -0.1) is 0 Å². The van der Waals surface area contributed by atoms with Crippen LogP contribution in [0.3, 0.4) is 0 Å². The lowest BCUT2D eigenvalue weighted by atomic mass is 10.2. The van der Waals surface area contributed by atoms with Crippen molar-refractivity contribution in [2.75, 3.05) is 0 Å². The summed E-state index contributed by atoms with van der Waals surface area (Å²) < 4.78 is 5.33. The number of halogens is 1. The third-order valence-electron chi connectivity index (χ3n) is 2.16. The largest absolute Gasteiger partial charge is 0.434 e. The molecule has 18 heavy (non-hydrogen) atoms. The molecule has 6 nitrogen and oxygen atoms in total. The zero-order valence-corrected chi connectivity index (χ0v) is 10.1. The molecule has 0 aliphatic rings. The molecule has 0 spiro atoms. The summed E-state index contributed by atoms with van der Waals surface area (Å²) in [6.45, 7) is 1.92. The van der Waals surface area contributed by atoms with Crippen LogP contribution in [0.5, 0.6) is 11.6 Å². The molecule has 0 atom stereocenters. The van der Waals surface area contributed by atoms with Crippen molar-refractivity contribution in [2.45, 2.75) is 6.92 Å². The molecule has 0 aliphatic heterocycles. The molecule has 0 amide bonds. The van der Waals surface area contributed by atoms with Crippen LogP contribution in [0.1, 0.15) is 5.56 Å². The van der Waals surface area contributed by atoms with Crippen LogP contribution in [0.25, 0.3) is 0 Å². The summed E-state index contributed by atoms with van der Waals surface area (Å²) in [4.78, 5) is 17.4. The van der Waals surface area contributed by atoms with E-state index >= 15 is 0 Å². The zero-order chi connectivity index (χ0) is 13.1. The number of nitrogens with zero attached hydrogens (tertiary/aromatic N) is 3. The molecule has 0 saturated heterocycles. The van der Waals surface area contributed by atoms with Gasteiger partial charge in [-0.05, 0) is 19.1 Å². The molecule has 0 radical (unpaired) electrons. The molecule has 1 aromatic heterocycles. The maximum Gasteiger partial charge on any atom is 0.368 e. The van der Waals surface area contributed by atoms with E-state index in [1.807, 2.05) is 19.1 Å². The summed E-state index contributed by atoms with van der Waals surface area (Å²) in [5.41, 5.74) is 0.609. The van der Waals surface area contributed by atoms with Crippen molar-refractivity contribution in [3.63, 3.8) is 0 Å². The number of nitro groups is 1. The number of benzene rings is 1. The molecule has 2 rings (SSSR count). The third kappa shape index (κ3) is 2.54. The van der Waals surface area contributed by atoms with Crippen LogP contribution in [0.15, 0.2) is 30.6 Å². The molecule has 0 N–H and O–H groups in total. The van der Waals surface area contributed by atoms with Crippen LogP contribution in [-0.4, -0.2) is 14.9 Å². The fourth-order valence-electron chi connectivity index (χ4n) is 1.29. The Bertz CT molecular complexity index is 587. The number of rotatable bonds is 3. The Hall–Kier alpha value is -2.21. The third-order valence-corrected chi connectivity index (χ3v) is 2.44. The molecule has 0 bridgehead atoms. The van der Waals surface area contributed by atoms with Gasteiger partial charge in [0.25, 0.3) is 0 Å². The second-order valence-corrected chi connectivity index (χ2v) is 3.85. The van der Waals surface area contributed by atoms with Crippen LogP contribution < -0.4 is 4.74 Å². The summed E-state index contributed by atoms with van der Waals surface area (Å²) in [6, 6.07) is 7.03. The summed E-state index contributed by atoms with van der Waals surface area (Å²) in [5, 5.41) is 10.6. The number of hydrogen-bond donors (Lipinski definition) is 0. The van der Waals surface area contributed by atoms with Crippen molar-refractivity contribution in [3.05, 3.63) is 51.4 Å². The van der Waals surface area contributed by atoms with E-state index in [0.717, 1.165) is 11.9 Å². The number of ether oxygens (including phenoxy) is 1. The maximum absolute atomic E-state index is 10.8. The van der Waals surface area contributed by atoms with Crippen LogP contribution in [0.4, 0.5) is 5.69 Å². The predicted molar refractivity (Wildman–Crippen MR) is 64.9 cm³/mol. The first kappa shape index (κ1) is 12.3. The Morgan fingerprint density at radius 3 is 2.56 bits per heavy atom. The van der Waals surface area contributed by atoms with Gasteiger partial charge in [0.15, 0.2) is 0 Å². The minimum atomic E-state index is -0.675. The smallest absolute Gasteiger partial charge is 0.368 e. The highest BCUT2D eigenvalue weighted by Crippen LogP contribution is 2.33. The predicted octanol–water partition coefficient (Wildman–Crippen LogP) is 3.14. The lowest BCUT2D eigenvalue weighted by Crippen LogP contribution is -1.98. The van der Waals surface area contributed by atoms with Crippen molar-refractivity contribution >= 4 is 17.3 Å². The fraction of sp³-hybridized carbons (Fsp3) is 0.0909. The van der Waals surface area contributed by atoms with Crippen LogP contribution >= 0.6 is 11.6 Å². The van der Waals surface area contributed by atoms with Crippen molar-refractivity contribution < 1.29 is 9.66 Å². The Kier molecular flexibility index (Phi) is 3.38. The van der Waals surface area contributed by atoms with Crippen molar-refractivity contribution in [1.82, 2.24) is 9.97 Å². The first-order valence-corrected chi connectivity index (χ1v) is 5.35. The molecule has 92 valence electrons. The van der Waals surface area contributed by atoms with E-state index < -0.39 is 10.6 Å². The second-order valence-electron chi connectivity index (χ2n) is 3.49. The quantitative estimate of drug-likeness (QED) is 0.484. The number of hydrogen-bond acceptors (Lipinski definition) is 5. The number of aromatic nitrogens is 2. The molecule has 0 saturated carbocycles. The topological polar surface area (TPSA) is 78.2 Å². The molecule has 2 aromatic rings. The van der Waals surface area contributed by atoms with Crippen LogP contribution in [0, 0.1) is 17.0 Å². The SMILES string of the molecule is Cc1ccc(Oc2ncnc(Cl)c2[N+](=O)[O-])cc1. The molecule has 1 aromatic carbocycles. The monoisotopic (exact) mass is 265 g/mol. The molecular formula is C11H8ClN3O3. The average Bonchev–Trinajstić information content (AvgIpc) is 2.32. The van der Waals surface area contributed by atoms with E-state index in [9.17, 15) is 10.1 Å². The highest BCUT2D eigenvalue weighted by atomic mass is 35.5. The molecule has 0 fully saturated rings. The molecule has 0 aliphatic carbocycles. The Morgan fingerprint density at radius 2 is 1.94 bits per heavy atom. The van der Waals surface area contributed by atoms with Crippen molar-refractivity contribution in [2.24, 2.45) is 0 Å². The minimum Gasteiger partial charge on any atom is -0.434 e. The molecule has 1 heterocycles. The second kappa shape index (κ2) is 4.97. The molecule has 0 unspecified atom stereocenters. The van der Waals surface area contributed by atoms with Gasteiger partial charge in [-0.1, -0.05) is 29.3 Å². The number of aryl methyl sites for hydroxylation is 1. The minimum absolute atomic E-state index is 0.177. The van der Waals surface area contributed by atoms with E-state index in [-0.39, 0.29) is 11.0 Å². The lowest BCUT2D eigenvalue weighted by Gasteiger charge is -2.05. The summed E-state index contributed by atoms with van der Waals surface area (Å²) >= 11 is 5.64. The summed E-state index contributed by atoms with van der Waals surface area (Å²) in [5.74, 6) is 0.266. The van der Waals surface area contributed by atoms with E-state index in [4.69, 9.17) is 16.3 Å². The van der Waals surface area contributed by atoms with E-state index in [1.165, 1.54) is 0 Å². The average molecular weight is 266 g/mol. The lowest BCUT2D eigenvalue weighted by molar-refractivity contribution is -0.386. The fourth-order valence-corrected chi connectivity index (χ4v) is 1.48. The molecular weight excluding hydrogens is 258 g/mol. The molecule has 7 heteroatoms. The van der Waals surface area contributed by atoms with Gasteiger partial charge in [-0.2, -0.15) is 4.98 Å².